The van der Waals surface area contributed by atoms with Crippen molar-refractivity contribution < 1.29 is 33.0 Å². The summed E-state index contributed by atoms with van der Waals surface area (Å²) in [6.45, 7) is 10.00. The smallest absolute Gasteiger partial charge is 0.408 e. The van der Waals surface area contributed by atoms with Crippen molar-refractivity contribution in [2.45, 2.75) is 76.3 Å². The van der Waals surface area contributed by atoms with Gasteiger partial charge in [0.15, 0.2) is 8.32 Å². The molecule has 0 bridgehead atoms. The van der Waals surface area contributed by atoms with E-state index >= 15 is 0 Å². The zero-order chi connectivity index (χ0) is 28.0. The van der Waals surface area contributed by atoms with E-state index < -0.39 is 58.5 Å². The van der Waals surface area contributed by atoms with Gasteiger partial charge in [0.1, 0.15) is 12.3 Å². The van der Waals surface area contributed by atoms with Gasteiger partial charge in [-0.05, 0) is 31.6 Å². The van der Waals surface area contributed by atoms with Crippen LogP contribution >= 0.6 is 19.3 Å². The molecule has 15 heteroatoms. The molecule has 0 amide bonds. The summed E-state index contributed by atoms with van der Waals surface area (Å²) in [7, 11) is -4.57. The third-order valence-electron chi connectivity index (χ3n) is 6.74. The lowest BCUT2D eigenvalue weighted by Gasteiger charge is -2.39. The first-order chi connectivity index (χ1) is 17.1. The van der Waals surface area contributed by atoms with E-state index in [1.54, 1.807) is 7.05 Å². The van der Waals surface area contributed by atoms with Gasteiger partial charge in [0.25, 0.3) is 5.56 Å². The van der Waals surface area contributed by atoms with Gasteiger partial charge in [0.2, 0.25) is 0 Å². The zero-order valence-corrected chi connectivity index (χ0v) is 25.0. The number of nitrogens with zero attached hydrogens (tertiary/aromatic N) is 2. The summed E-state index contributed by atoms with van der Waals surface area (Å²) >= 11 is 5.84. The highest BCUT2D eigenvalue weighted by Crippen LogP contribution is 2.52. The highest BCUT2D eigenvalue weighted by molar-refractivity contribution is 7.51. The van der Waals surface area contributed by atoms with Crippen molar-refractivity contribution in [3.8, 4) is 0 Å². The lowest BCUT2D eigenvalue weighted by atomic mass is 10.2. The van der Waals surface area contributed by atoms with Crippen LogP contribution < -0.4 is 11.2 Å². The normalized spacial score (nSPS) is 23.4. The molecule has 0 radical (unpaired) electrons. The summed E-state index contributed by atoms with van der Waals surface area (Å²) in [5.41, 5.74) is -1.12. The minimum absolute atomic E-state index is 0.0623. The van der Waals surface area contributed by atoms with Crippen LogP contribution in [-0.2, 0) is 22.8 Å². The number of aromatic amines is 1. The molecule has 1 fully saturated rings. The summed E-state index contributed by atoms with van der Waals surface area (Å²) in [5.74, 6) is 0.181. The minimum Gasteiger partial charge on any atom is -0.411 e. The van der Waals surface area contributed by atoms with Crippen molar-refractivity contribution in [1.82, 2.24) is 14.2 Å². The molecule has 2 unspecified atom stereocenters. The van der Waals surface area contributed by atoms with Gasteiger partial charge in [-0.2, -0.15) is 0 Å². The fraction of sp³-hybridized carbons (Fsp3) is 0.818. The zero-order valence-electron chi connectivity index (χ0n) is 22.4. The number of aliphatic hydroxyl groups excluding tert-OH is 2. The van der Waals surface area contributed by atoms with E-state index in [-0.39, 0.29) is 37.1 Å². The first kappa shape index (κ1) is 32.3. The molecule has 5 atom stereocenters. The van der Waals surface area contributed by atoms with Crippen LogP contribution in [-0.4, -0.2) is 90.4 Å². The first-order valence-corrected chi connectivity index (χ1v) is 17.2. The fourth-order valence-corrected chi connectivity index (χ4v) is 6.61. The molecule has 2 rings (SSSR count). The minimum atomic E-state index is -3.85. The molecular formula is C22H41ClN3O9PSi. The van der Waals surface area contributed by atoms with E-state index in [0.717, 1.165) is 0 Å². The van der Waals surface area contributed by atoms with Crippen molar-refractivity contribution in [1.29, 1.82) is 0 Å². The Morgan fingerprint density at radius 2 is 2.03 bits per heavy atom. The maximum Gasteiger partial charge on any atom is 0.408 e. The van der Waals surface area contributed by atoms with Crippen LogP contribution in [0.2, 0.25) is 18.1 Å². The van der Waals surface area contributed by atoms with Crippen molar-refractivity contribution in [2.75, 3.05) is 39.3 Å². The van der Waals surface area contributed by atoms with Crippen molar-refractivity contribution >= 4 is 27.7 Å². The molecule has 12 nitrogen and oxygen atoms in total. The SMILES string of the molecule is CN(CCCl)P(=O)(OCCC(O)CO)OC[C@H]1O[C@@H](n2ccc(=O)[nH]c2=O)C[C@@H]1O[Si](C)(C)C(C)(C)C. The van der Waals surface area contributed by atoms with Crippen LogP contribution in [0.5, 0.6) is 0 Å². The number of aliphatic hydroxyl groups is 2. The average Bonchev–Trinajstić information content (AvgIpc) is 3.18. The second-order valence-corrected chi connectivity index (χ2v) is 17.9. The van der Waals surface area contributed by atoms with Crippen LogP contribution in [0.1, 0.15) is 39.8 Å². The van der Waals surface area contributed by atoms with Gasteiger partial charge in [0, 0.05) is 31.1 Å². The Morgan fingerprint density at radius 1 is 1.35 bits per heavy atom. The Kier molecular flexibility index (Phi) is 11.8. The number of hydrogen-bond acceptors (Lipinski definition) is 9. The number of ether oxygens (including phenoxy) is 1. The molecule has 0 saturated carbocycles. The van der Waals surface area contributed by atoms with Crippen molar-refractivity contribution in [2.24, 2.45) is 0 Å². The Labute approximate surface area is 223 Å². The third kappa shape index (κ3) is 8.82. The predicted molar refractivity (Wildman–Crippen MR) is 142 cm³/mol. The molecule has 214 valence electrons. The molecule has 0 aromatic carbocycles. The molecule has 2 heterocycles. The van der Waals surface area contributed by atoms with Crippen LogP contribution in [0, 0.1) is 0 Å². The average molecular weight is 586 g/mol. The predicted octanol–water partition coefficient (Wildman–Crippen LogP) is 2.27. The molecule has 1 aromatic rings. The summed E-state index contributed by atoms with van der Waals surface area (Å²) in [5, 5.41) is 18.5. The maximum atomic E-state index is 13.6. The van der Waals surface area contributed by atoms with Gasteiger partial charge in [-0.3, -0.25) is 23.4 Å². The van der Waals surface area contributed by atoms with Crippen molar-refractivity contribution in [3.63, 3.8) is 0 Å². The van der Waals surface area contributed by atoms with Gasteiger partial charge in [-0.15, -0.1) is 11.6 Å². The summed E-state index contributed by atoms with van der Waals surface area (Å²) in [6.07, 6.45) is -1.16. The highest BCUT2D eigenvalue weighted by Gasteiger charge is 2.46. The van der Waals surface area contributed by atoms with Gasteiger partial charge in [-0.25, -0.2) is 14.0 Å². The second kappa shape index (κ2) is 13.5. The molecule has 1 saturated heterocycles. The molecular weight excluding hydrogens is 545 g/mol. The van der Waals surface area contributed by atoms with Crippen LogP contribution in [0.25, 0.3) is 0 Å². The monoisotopic (exact) mass is 585 g/mol. The second-order valence-electron chi connectivity index (χ2n) is 10.6. The largest absolute Gasteiger partial charge is 0.411 e. The van der Waals surface area contributed by atoms with E-state index in [4.69, 9.17) is 34.9 Å². The van der Waals surface area contributed by atoms with E-state index in [2.05, 4.69) is 38.8 Å². The van der Waals surface area contributed by atoms with Crippen molar-refractivity contribution in [3.05, 3.63) is 33.1 Å². The van der Waals surface area contributed by atoms with Gasteiger partial charge in [0.05, 0.1) is 32.0 Å². The van der Waals surface area contributed by atoms with Crippen LogP contribution in [0.4, 0.5) is 0 Å². The Balaban J connectivity index is 2.27. The molecule has 1 aliphatic heterocycles. The standard InChI is InChI=1S/C22H41ClN3O9PSi/c1-22(2,3)37(5,6)35-17-13-20(26-10-7-19(29)24-21(26)30)34-18(17)15-33-36(31,25(4)11-9-23)32-12-8-16(28)14-27/h7,10,16-18,20,27-28H,8-9,11-15H2,1-6H3,(H,24,29,30)/t16?,17-,18+,20+,36?/m0/s1. The van der Waals surface area contributed by atoms with Gasteiger partial charge in [-0.1, -0.05) is 20.8 Å². The van der Waals surface area contributed by atoms with Crippen LogP contribution in [0.15, 0.2) is 21.9 Å². The summed E-state index contributed by atoms with van der Waals surface area (Å²) in [4.78, 5) is 26.2. The number of nitrogens with one attached hydrogen (secondary N) is 1. The highest BCUT2D eigenvalue weighted by atomic mass is 35.5. The van der Waals surface area contributed by atoms with E-state index in [1.807, 2.05) is 0 Å². The summed E-state index contributed by atoms with van der Waals surface area (Å²) < 4.78 is 40.4. The Bertz CT molecular complexity index is 1030. The number of alkyl halides is 1. The Hall–Kier alpha value is -0.863. The number of halogens is 1. The van der Waals surface area contributed by atoms with E-state index in [0.29, 0.717) is 6.42 Å². The third-order valence-corrected chi connectivity index (χ3v) is 13.4. The lowest BCUT2D eigenvalue weighted by Crippen LogP contribution is -2.46. The fourth-order valence-electron chi connectivity index (χ4n) is 3.40. The number of rotatable bonds is 14. The molecule has 1 aromatic heterocycles. The molecule has 0 aliphatic carbocycles. The quantitative estimate of drug-likeness (QED) is 0.168. The number of hydrogen-bond donors (Lipinski definition) is 3. The van der Waals surface area contributed by atoms with Crippen LogP contribution in [0.3, 0.4) is 0 Å². The summed E-state index contributed by atoms with van der Waals surface area (Å²) in [6, 6.07) is 1.24. The molecule has 1 aliphatic rings. The molecule has 37 heavy (non-hydrogen) atoms. The van der Waals surface area contributed by atoms with E-state index in [9.17, 15) is 19.3 Å². The van der Waals surface area contributed by atoms with Gasteiger partial charge < -0.3 is 19.4 Å². The number of aromatic nitrogens is 2. The molecule has 3 N–H and O–H groups in total. The Morgan fingerprint density at radius 3 is 2.59 bits per heavy atom. The number of H-pyrrole nitrogens is 1. The topological polar surface area (TPSA) is 153 Å². The molecule has 0 spiro atoms. The van der Waals surface area contributed by atoms with Gasteiger partial charge >= 0.3 is 13.4 Å². The lowest BCUT2D eigenvalue weighted by molar-refractivity contribution is -0.0435. The maximum absolute atomic E-state index is 13.6. The van der Waals surface area contributed by atoms with E-state index in [1.165, 1.54) is 21.5 Å². The first-order valence-electron chi connectivity index (χ1n) is 12.2.